The summed E-state index contributed by atoms with van der Waals surface area (Å²) in [6.07, 6.45) is 5.07. The van der Waals surface area contributed by atoms with Crippen molar-refractivity contribution < 1.29 is 4.42 Å². The van der Waals surface area contributed by atoms with Gasteiger partial charge in [-0.1, -0.05) is 0 Å². The summed E-state index contributed by atoms with van der Waals surface area (Å²) in [6.45, 7) is 4.39. The molecule has 1 atom stereocenters. The van der Waals surface area contributed by atoms with Gasteiger partial charge in [-0.05, 0) is 38.8 Å². The second-order valence-corrected chi connectivity index (χ2v) is 4.75. The molecule has 0 saturated carbocycles. The Morgan fingerprint density at radius 1 is 1.43 bits per heavy atom. The van der Waals surface area contributed by atoms with Crippen molar-refractivity contribution in [3.8, 4) is 0 Å². The first-order valence-corrected chi connectivity index (χ1v) is 5.61. The van der Waals surface area contributed by atoms with Crippen LogP contribution in [-0.2, 0) is 11.8 Å². The molecule has 2 heteroatoms. The second kappa shape index (κ2) is 2.86. The molecule has 1 N–H and O–H groups in total. The van der Waals surface area contributed by atoms with Crippen molar-refractivity contribution >= 4 is 0 Å². The van der Waals surface area contributed by atoms with Crippen LogP contribution in [-0.4, -0.2) is 13.1 Å². The number of aryl methyl sites for hydroxylation is 2. The van der Waals surface area contributed by atoms with Gasteiger partial charge in [0.2, 0.25) is 0 Å². The maximum Gasteiger partial charge on any atom is 0.107 e. The van der Waals surface area contributed by atoms with Crippen molar-refractivity contribution in [1.29, 1.82) is 0 Å². The van der Waals surface area contributed by atoms with Crippen LogP contribution < -0.4 is 5.32 Å². The van der Waals surface area contributed by atoms with Gasteiger partial charge in [-0.25, -0.2) is 0 Å². The van der Waals surface area contributed by atoms with Crippen LogP contribution in [0.4, 0.5) is 0 Å². The number of nitrogens with one attached hydrogen (secondary N) is 1. The van der Waals surface area contributed by atoms with Crippen molar-refractivity contribution in [1.82, 2.24) is 5.32 Å². The van der Waals surface area contributed by atoms with Crippen LogP contribution in [0.25, 0.3) is 0 Å². The minimum atomic E-state index is 0.422. The summed E-state index contributed by atoms with van der Waals surface area (Å²) in [5.74, 6) is 2.35. The zero-order valence-electron chi connectivity index (χ0n) is 8.73. The number of fused-ring (bicyclic) bond motifs is 2. The maximum atomic E-state index is 5.76. The molecule has 76 valence electrons. The Morgan fingerprint density at radius 2 is 2.36 bits per heavy atom. The lowest BCUT2D eigenvalue weighted by Crippen LogP contribution is -2.32. The van der Waals surface area contributed by atoms with Gasteiger partial charge in [0.1, 0.15) is 11.5 Å². The van der Waals surface area contributed by atoms with E-state index in [2.05, 4.69) is 18.3 Å². The smallest absolute Gasteiger partial charge is 0.107 e. The molecule has 1 saturated heterocycles. The van der Waals surface area contributed by atoms with Crippen LogP contribution in [0.1, 0.15) is 36.3 Å². The van der Waals surface area contributed by atoms with E-state index in [4.69, 9.17) is 4.42 Å². The molecule has 1 aromatic heterocycles. The van der Waals surface area contributed by atoms with E-state index >= 15 is 0 Å². The highest BCUT2D eigenvalue weighted by atomic mass is 16.3. The van der Waals surface area contributed by atoms with E-state index in [9.17, 15) is 0 Å². The van der Waals surface area contributed by atoms with Gasteiger partial charge in [-0.2, -0.15) is 0 Å². The summed E-state index contributed by atoms with van der Waals surface area (Å²) in [6, 6.07) is 2.27. The molecule has 3 rings (SSSR count). The molecule has 1 aliphatic carbocycles. The first-order chi connectivity index (χ1) is 6.80. The summed E-state index contributed by atoms with van der Waals surface area (Å²) in [4.78, 5) is 0. The summed E-state index contributed by atoms with van der Waals surface area (Å²) < 4.78 is 5.76. The first kappa shape index (κ1) is 8.54. The third-order valence-electron chi connectivity index (χ3n) is 3.81. The van der Waals surface area contributed by atoms with E-state index in [0.29, 0.717) is 5.41 Å². The molecule has 14 heavy (non-hydrogen) atoms. The van der Waals surface area contributed by atoms with E-state index in [1.54, 1.807) is 0 Å². The second-order valence-electron chi connectivity index (χ2n) is 4.75. The van der Waals surface area contributed by atoms with E-state index in [-0.39, 0.29) is 0 Å². The summed E-state index contributed by atoms with van der Waals surface area (Å²) in [5, 5.41) is 3.49. The lowest BCUT2D eigenvalue weighted by atomic mass is 9.72. The molecular weight excluding hydrogens is 174 g/mol. The molecule has 0 aromatic carbocycles. The summed E-state index contributed by atoms with van der Waals surface area (Å²) in [7, 11) is 0. The van der Waals surface area contributed by atoms with Crippen LogP contribution in [0.2, 0.25) is 0 Å². The highest BCUT2D eigenvalue weighted by Crippen LogP contribution is 2.42. The lowest BCUT2D eigenvalue weighted by molar-refractivity contribution is 0.358. The normalized spacial score (nSPS) is 30.9. The summed E-state index contributed by atoms with van der Waals surface area (Å²) >= 11 is 0. The summed E-state index contributed by atoms with van der Waals surface area (Å²) in [5.41, 5.74) is 1.93. The quantitative estimate of drug-likeness (QED) is 0.679. The van der Waals surface area contributed by atoms with Crippen LogP contribution in [0, 0.1) is 6.92 Å². The fourth-order valence-corrected chi connectivity index (χ4v) is 3.11. The number of furan rings is 1. The van der Waals surface area contributed by atoms with Crippen LogP contribution in [0.5, 0.6) is 0 Å². The third-order valence-corrected chi connectivity index (χ3v) is 3.81. The Balaban J connectivity index is 2.09. The van der Waals surface area contributed by atoms with Gasteiger partial charge in [0.15, 0.2) is 0 Å². The zero-order chi connectivity index (χ0) is 9.60. The molecule has 1 fully saturated rings. The van der Waals surface area contributed by atoms with Gasteiger partial charge in [-0.3, -0.25) is 0 Å². The molecule has 2 nitrogen and oxygen atoms in total. The highest BCUT2D eigenvalue weighted by Gasteiger charge is 2.40. The molecule has 2 aliphatic rings. The molecular formula is C12H17NO. The molecule has 0 bridgehead atoms. The minimum absolute atomic E-state index is 0.422. The average Bonchev–Trinajstić information content (AvgIpc) is 2.74. The molecule has 1 unspecified atom stereocenters. The van der Waals surface area contributed by atoms with E-state index in [0.717, 1.165) is 18.7 Å². The molecule has 0 amide bonds. The lowest BCUT2D eigenvalue weighted by Gasteiger charge is -2.31. The third kappa shape index (κ3) is 1.07. The Kier molecular flexibility index (Phi) is 1.75. The molecule has 1 aliphatic heterocycles. The standard InChI is InChI=1S/C12H17NO/c1-9-7-10-11(14-9)3-2-4-12(10)5-6-13-8-12/h7,13H,2-6,8H2,1H3. The largest absolute Gasteiger partial charge is 0.466 e. The Hall–Kier alpha value is -0.760. The molecule has 0 radical (unpaired) electrons. The molecule has 2 heterocycles. The highest BCUT2D eigenvalue weighted by molar-refractivity contribution is 5.34. The van der Waals surface area contributed by atoms with Crippen LogP contribution >= 0.6 is 0 Å². The van der Waals surface area contributed by atoms with E-state index < -0.39 is 0 Å². The fraction of sp³-hybridized carbons (Fsp3) is 0.667. The Bertz CT molecular complexity index is 347. The number of hydrogen-bond acceptors (Lipinski definition) is 2. The van der Waals surface area contributed by atoms with Crippen molar-refractivity contribution in [2.24, 2.45) is 0 Å². The average molecular weight is 191 g/mol. The maximum absolute atomic E-state index is 5.76. The predicted octanol–water partition coefficient (Wildman–Crippen LogP) is 2.16. The van der Waals surface area contributed by atoms with Gasteiger partial charge in [0, 0.05) is 23.9 Å². The Morgan fingerprint density at radius 3 is 3.14 bits per heavy atom. The van der Waals surface area contributed by atoms with Gasteiger partial charge in [0.25, 0.3) is 0 Å². The van der Waals surface area contributed by atoms with E-state index in [1.807, 2.05) is 0 Å². The van der Waals surface area contributed by atoms with E-state index in [1.165, 1.54) is 37.1 Å². The Labute approximate surface area is 84.7 Å². The van der Waals surface area contributed by atoms with Crippen molar-refractivity contribution in [3.05, 3.63) is 23.2 Å². The fourth-order valence-electron chi connectivity index (χ4n) is 3.11. The van der Waals surface area contributed by atoms with Crippen LogP contribution in [0.15, 0.2) is 10.5 Å². The molecule has 1 aromatic rings. The van der Waals surface area contributed by atoms with Crippen LogP contribution in [0.3, 0.4) is 0 Å². The van der Waals surface area contributed by atoms with Gasteiger partial charge < -0.3 is 9.73 Å². The first-order valence-electron chi connectivity index (χ1n) is 5.61. The number of rotatable bonds is 0. The molecule has 1 spiro atoms. The zero-order valence-corrected chi connectivity index (χ0v) is 8.73. The SMILES string of the molecule is Cc1cc2c(o1)CCCC21CCNC1. The van der Waals surface area contributed by atoms with Gasteiger partial charge >= 0.3 is 0 Å². The minimum Gasteiger partial charge on any atom is -0.466 e. The monoisotopic (exact) mass is 191 g/mol. The van der Waals surface area contributed by atoms with Crippen molar-refractivity contribution in [2.45, 2.75) is 38.0 Å². The predicted molar refractivity (Wildman–Crippen MR) is 55.5 cm³/mol. The van der Waals surface area contributed by atoms with Crippen molar-refractivity contribution in [3.63, 3.8) is 0 Å². The van der Waals surface area contributed by atoms with Gasteiger partial charge in [0.05, 0.1) is 0 Å². The number of hydrogen-bond donors (Lipinski definition) is 1. The van der Waals surface area contributed by atoms with Gasteiger partial charge in [-0.15, -0.1) is 0 Å². The van der Waals surface area contributed by atoms with Crippen molar-refractivity contribution in [2.75, 3.05) is 13.1 Å². The topological polar surface area (TPSA) is 25.2 Å².